The smallest absolute Gasteiger partial charge is 0.303 e. The van der Waals surface area contributed by atoms with E-state index in [0.717, 1.165) is 139 Å². The molecule has 6 aromatic rings. The molecule has 4 atom stereocenters. The van der Waals surface area contributed by atoms with Crippen LogP contribution in [0.1, 0.15) is 196 Å². The molecule has 16 bridgehead atoms. The summed E-state index contributed by atoms with van der Waals surface area (Å²) in [4.78, 5) is 80.3. The minimum atomic E-state index is -0.906. The topological polar surface area (TPSA) is 323 Å². The second-order valence-electron chi connectivity index (χ2n) is 23.7. The lowest BCUT2D eigenvalue weighted by molar-refractivity contribution is -0.138. The van der Waals surface area contributed by atoms with E-state index in [-0.39, 0.29) is 50.7 Å². The number of hydrogen-bond donors (Lipinski definition) is 10. The highest BCUT2D eigenvalue weighted by atomic mass is 16.5. The maximum absolute atomic E-state index is 11.6. The van der Waals surface area contributed by atoms with Crippen LogP contribution in [-0.4, -0.2) is 121 Å². The number of aliphatic hydroxyl groups is 2. The summed E-state index contributed by atoms with van der Waals surface area (Å²) in [6.45, 7) is 23.1. The molecule has 4 aliphatic heterocycles. The van der Waals surface area contributed by atoms with Gasteiger partial charge in [-0.3, -0.25) is 19.2 Å². The highest BCUT2D eigenvalue weighted by Crippen LogP contribution is 2.41. The second-order valence-corrected chi connectivity index (χ2v) is 23.7. The molecule has 0 amide bonds. The number of hydrogen-bond acceptors (Lipinski definition) is 12. The summed E-state index contributed by atoms with van der Waals surface area (Å²) in [7, 11) is 3.33. The van der Waals surface area contributed by atoms with Crippen LogP contribution in [0.4, 0.5) is 0 Å². The van der Waals surface area contributed by atoms with E-state index in [2.05, 4.69) is 19.9 Å². The Kier molecular flexibility index (Phi) is 19.3. The normalized spacial score (nSPS) is 14.7. The molecule has 90 heavy (non-hydrogen) atoms. The zero-order valence-corrected chi connectivity index (χ0v) is 53.5. The number of aliphatic hydroxyl groups excluding tert-OH is 2. The van der Waals surface area contributed by atoms with Crippen molar-refractivity contribution in [2.75, 3.05) is 14.2 Å². The zero-order chi connectivity index (χ0) is 65.5. The quantitative estimate of drug-likeness (QED) is 0.0382. The number of methoxy groups -OCH3 is 2. The Morgan fingerprint density at radius 1 is 0.378 bits per heavy atom. The van der Waals surface area contributed by atoms with Crippen molar-refractivity contribution >= 4 is 113 Å². The summed E-state index contributed by atoms with van der Waals surface area (Å²) in [6, 6.07) is 15.5. The molecule has 20 nitrogen and oxygen atoms in total. The van der Waals surface area contributed by atoms with Gasteiger partial charge in [-0.25, -0.2) is 19.9 Å². The van der Waals surface area contributed by atoms with Crippen molar-refractivity contribution in [3.63, 3.8) is 0 Å². The number of carboxylic acids is 4. The third kappa shape index (κ3) is 13.1. The molecule has 0 saturated carbocycles. The molecule has 0 aromatic carbocycles. The van der Waals surface area contributed by atoms with Crippen LogP contribution in [-0.2, 0) is 41.5 Å². The van der Waals surface area contributed by atoms with E-state index in [4.69, 9.17) is 29.4 Å². The van der Waals surface area contributed by atoms with Crippen LogP contribution in [0.15, 0.2) is 48.5 Å². The first-order valence-electron chi connectivity index (χ1n) is 30.2. The predicted molar refractivity (Wildman–Crippen MR) is 351 cm³/mol. The lowest BCUT2D eigenvalue weighted by Gasteiger charge is -2.12. The van der Waals surface area contributed by atoms with Crippen molar-refractivity contribution in [1.82, 2.24) is 39.9 Å². The van der Waals surface area contributed by atoms with E-state index in [1.807, 2.05) is 118 Å². The van der Waals surface area contributed by atoms with Gasteiger partial charge in [0.25, 0.3) is 0 Å². The van der Waals surface area contributed by atoms with Crippen LogP contribution in [0.5, 0.6) is 0 Å². The molecule has 472 valence electrons. The average Bonchev–Trinajstić information content (AvgIpc) is 1.64. The molecule has 4 aliphatic rings. The van der Waals surface area contributed by atoms with E-state index in [1.165, 1.54) is 0 Å². The fraction of sp³-hybridized carbons (Fsp3) is 0.371. The monoisotopic (exact) mass is 1220 g/mol. The van der Waals surface area contributed by atoms with Crippen LogP contribution in [0, 0.1) is 27.7 Å². The molecule has 0 saturated heterocycles. The molecule has 20 heteroatoms. The van der Waals surface area contributed by atoms with E-state index >= 15 is 0 Å². The molecular formula is C70H80N8O12. The Morgan fingerprint density at radius 3 is 1.11 bits per heavy atom. The number of fused-ring (bicyclic) bond motifs is 16. The zero-order valence-electron chi connectivity index (χ0n) is 53.5. The highest BCUT2D eigenvalue weighted by molar-refractivity contribution is 5.99. The molecule has 10 heterocycles. The molecule has 4 unspecified atom stereocenters. The minimum absolute atomic E-state index is 0.0420. The number of carboxylic acid groups (broad SMARTS) is 4. The predicted octanol–water partition coefficient (Wildman–Crippen LogP) is 13.5. The number of nitrogens with zero attached hydrogens (tertiary/aromatic N) is 4. The molecule has 0 radical (unpaired) electrons. The van der Waals surface area contributed by atoms with Crippen LogP contribution in [0.25, 0.3) is 88.7 Å². The lowest BCUT2D eigenvalue weighted by atomic mass is 9.99. The van der Waals surface area contributed by atoms with E-state index in [9.17, 15) is 49.8 Å². The van der Waals surface area contributed by atoms with Gasteiger partial charge in [0.05, 0.1) is 70.0 Å². The number of allylic oxidation sites excluding steroid dienone is 6. The lowest BCUT2D eigenvalue weighted by Crippen LogP contribution is -2.07. The Hall–Kier alpha value is -9.08. The Morgan fingerprint density at radius 2 is 0.711 bits per heavy atom. The standard InChI is InChI=1S/2C35H40N4O6/c1-16-22(8-10-32(41)42)28-15-29-23(9-11-33(43)44)17(2)25(37-29)13-30-34(20(5)40)18(3)27(38-30)14-31-35(21(6)45-7)19(4)26(39-31)12-24(16)36-28;1-16-22(8-10-32(41)42)28-15-29-23(9-11-33(43)44)17(2)25(37-29)13-31-35(21(6)45-7)19(4)27(39-31)14-30-34(20(5)40)18(3)26(38-30)12-24(16)36-28/h12-15,20-21,37-38,40H,8-11H2,1-7H3,(H,41,42)(H,43,44);12-15,20-21,37,39-40H,8-11H2,1-7H3,(H,41,42)(H,43,44). The highest BCUT2D eigenvalue weighted by Gasteiger charge is 2.28. The summed E-state index contributed by atoms with van der Waals surface area (Å²) in [5.41, 5.74) is 25.5. The molecule has 6 aromatic heterocycles. The number of ether oxygens (including phenoxy) is 2. The first-order valence-corrected chi connectivity index (χ1v) is 30.2. The average molecular weight is 1230 g/mol. The Balaban J connectivity index is 0.000000213. The minimum Gasteiger partial charge on any atom is -0.481 e. The third-order valence-electron chi connectivity index (χ3n) is 18.0. The van der Waals surface area contributed by atoms with Gasteiger partial charge in [0.2, 0.25) is 0 Å². The Bertz CT molecular complexity index is 4450. The van der Waals surface area contributed by atoms with Gasteiger partial charge in [0, 0.05) is 106 Å². The van der Waals surface area contributed by atoms with Gasteiger partial charge in [-0.1, -0.05) is 0 Å². The third-order valence-corrected chi connectivity index (χ3v) is 18.0. The van der Waals surface area contributed by atoms with E-state index in [1.54, 1.807) is 28.1 Å². The number of aromatic nitrogens is 8. The SMILES string of the molecule is COC(C)C1=C(C)c2cc3nc(cc4[nH]c(cc5[nH]c(cc1n2)c(C)c5C(C)O)c(C)c4CCC(=O)O)C(CCC(=O)O)=C3C.COC(C)c1c(C)c2cc3nc(cc4nc(cc5[nH]c(cc1[nH]2)c(C)c5CCC(=O)O)C(CCC(=O)O)=C4C)C(C)=C3C(C)O. The van der Waals surface area contributed by atoms with Crippen molar-refractivity contribution in [1.29, 1.82) is 0 Å². The first kappa shape index (κ1) is 65.4. The maximum atomic E-state index is 11.6. The van der Waals surface area contributed by atoms with Gasteiger partial charge in [-0.15, -0.1) is 0 Å². The fourth-order valence-electron chi connectivity index (χ4n) is 12.8. The summed E-state index contributed by atoms with van der Waals surface area (Å²) in [5, 5.41) is 59.7. The summed E-state index contributed by atoms with van der Waals surface area (Å²) < 4.78 is 11.5. The summed E-state index contributed by atoms with van der Waals surface area (Å²) in [6.07, 6.45) is -1.02. The van der Waals surface area contributed by atoms with Crippen molar-refractivity contribution < 1.29 is 59.3 Å². The number of carbonyl (C=O) groups is 4. The number of aromatic amines is 4. The summed E-state index contributed by atoms with van der Waals surface area (Å²) >= 11 is 0. The van der Waals surface area contributed by atoms with Gasteiger partial charge in [0.1, 0.15) is 0 Å². The first-order chi connectivity index (χ1) is 42.6. The molecule has 10 rings (SSSR count). The number of aliphatic carboxylic acids is 4. The van der Waals surface area contributed by atoms with Crippen molar-refractivity contribution in [3.05, 3.63) is 139 Å². The van der Waals surface area contributed by atoms with Crippen molar-refractivity contribution in [2.45, 2.75) is 159 Å². The summed E-state index contributed by atoms with van der Waals surface area (Å²) in [5.74, 6) is -3.60. The molecule has 0 aliphatic carbocycles. The maximum Gasteiger partial charge on any atom is 0.303 e. The van der Waals surface area contributed by atoms with Crippen LogP contribution >= 0.6 is 0 Å². The molecule has 0 spiro atoms. The van der Waals surface area contributed by atoms with Crippen LogP contribution in [0.3, 0.4) is 0 Å². The molecular weight excluding hydrogens is 1140 g/mol. The number of rotatable bonds is 18. The van der Waals surface area contributed by atoms with Gasteiger partial charge in [-0.2, -0.15) is 0 Å². The van der Waals surface area contributed by atoms with Crippen LogP contribution < -0.4 is 0 Å². The Labute approximate surface area is 521 Å². The van der Waals surface area contributed by atoms with E-state index < -0.39 is 36.1 Å². The molecule has 0 fully saturated rings. The van der Waals surface area contributed by atoms with Gasteiger partial charge in [0.15, 0.2) is 0 Å². The second kappa shape index (κ2) is 26.6. The number of aryl methyl sites for hydroxylation is 6. The van der Waals surface area contributed by atoms with Gasteiger partial charge in [-0.05, 0) is 224 Å². The number of nitrogens with one attached hydrogen (secondary N) is 4. The fourth-order valence-corrected chi connectivity index (χ4v) is 12.8. The molecule has 10 N–H and O–H groups in total. The van der Waals surface area contributed by atoms with Crippen LogP contribution in [0.2, 0.25) is 0 Å². The van der Waals surface area contributed by atoms with E-state index in [0.29, 0.717) is 52.5 Å². The van der Waals surface area contributed by atoms with Crippen molar-refractivity contribution in [2.24, 2.45) is 0 Å². The van der Waals surface area contributed by atoms with Gasteiger partial charge < -0.3 is 60.0 Å². The largest absolute Gasteiger partial charge is 0.481 e. The number of H-pyrrole nitrogens is 4. The van der Waals surface area contributed by atoms with Crippen molar-refractivity contribution in [3.8, 4) is 0 Å². The van der Waals surface area contributed by atoms with Gasteiger partial charge >= 0.3 is 23.9 Å².